The Bertz CT molecular complexity index is 465. The third kappa shape index (κ3) is 9.95. The second-order valence-electron chi connectivity index (χ2n) is 3.81. The van der Waals surface area contributed by atoms with Crippen molar-refractivity contribution in [1.29, 1.82) is 0 Å². The minimum Gasteiger partial charge on any atom is -0.490 e. The molecule has 0 bridgehead atoms. The van der Waals surface area contributed by atoms with Crippen molar-refractivity contribution in [2.24, 2.45) is 0 Å². The predicted molar refractivity (Wildman–Crippen MR) is 79.9 cm³/mol. The minimum absolute atomic E-state index is 0.236. The van der Waals surface area contributed by atoms with Crippen LogP contribution in [-0.2, 0) is 19.1 Å². The number of carbonyl (C=O) groups excluding carboxylic acids is 2. The Labute approximate surface area is 124 Å². The predicted octanol–water partition coefficient (Wildman–Crippen LogP) is 2.53. The Morgan fingerprint density at radius 2 is 1.81 bits per heavy atom. The van der Waals surface area contributed by atoms with Crippen molar-refractivity contribution in [1.82, 2.24) is 0 Å². The van der Waals surface area contributed by atoms with E-state index in [1.54, 1.807) is 6.92 Å². The van der Waals surface area contributed by atoms with Crippen LogP contribution in [0.4, 0.5) is 0 Å². The molecule has 5 nitrogen and oxygen atoms in total. The van der Waals surface area contributed by atoms with Gasteiger partial charge in [0, 0.05) is 11.6 Å². The van der Waals surface area contributed by atoms with E-state index in [1.165, 1.54) is 7.11 Å². The second kappa shape index (κ2) is 11.3. The summed E-state index contributed by atoms with van der Waals surface area (Å²) in [5.41, 5.74) is 0.433. The smallest absolute Gasteiger partial charge is 0.332 e. The van der Waals surface area contributed by atoms with Crippen molar-refractivity contribution in [3.05, 3.63) is 55.1 Å². The lowest BCUT2D eigenvalue weighted by atomic mass is 10.3. The summed E-state index contributed by atoms with van der Waals surface area (Å²) in [6.45, 7) is 8.82. The molecule has 0 saturated heterocycles. The van der Waals surface area contributed by atoms with E-state index < -0.39 is 5.97 Å². The third-order valence-corrected chi connectivity index (χ3v) is 2.04. The van der Waals surface area contributed by atoms with E-state index in [-0.39, 0.29) is 12.6 Å². The Morgan fingerprint density at radius 3 is 2.24 bits per heavy atom. The van der Waals surface area contributed by atoms with Crippen molar-refractivity contribution in [2.45, 2.75) is 6.92 Å². The molecule has 0 saturated carbocycles. The molecule has 0 aromatic heterocycles. The first-order valence-corrected chi connectivity index (χ1v) is 6.22. The number of ether oxygens (including phenoxy) is 3. The molecule has 0 N–H and O–H groups in total. The maximum atomic E-state index is 10.6. The first-order valence-electron chi connectivity index (χ1n) is 6.22. The van der Waals surface area contributed by atoms with E-state index in [1.807, 2.05) is 30.3 Å². The van der Waals surface area contributed by atoms with Gasteiger partial charge in [-0.15, -0.1) is 0 Å². The zero-order valence-corrected chi connectivity index (χ0v) is 12.3. The van der Waals surface area contributed by atoms with Gasteiger partial charge in [0.2, 0.25) is 0 Å². The van der Waals surface area contributed by atoms with Crippen LogP contribution in [0.1, 0.15) is 6.92 Å². The molecule has 0 aliphatic carbocycles. The van der Waals surface area contributed by atoms with Gasteiger partial charge in [0.25, 0.3) is 0 Å². The Balaban J connectivity index is 0.000000486. The first kappa shape index (κ1) is 18.4. The van der Waals surface area contributed by atoms with Gasteiger partial charge in [-0.25, -0.2) is 9.59 Å². The molecule has 1 aromatic rings. The third-order valence-electron chi connectivity index (χ3n) is 2.04. The highest BCUT2D eigenvalue weighted by Crippen LogP contribution is 2.07. The molecule has 5 heteroatoms. The van der Waals surface area contributed by atoms with Gasteiger partial charge in [-0.05, 0) is 19.1 Å². The fraction of sp³-hybridized carbons (Fsp3) is 0.250. The number of methoxy groups -OCH3 is 1. The molecule has 1 rings (SSSR count). The molecule has 0 spiro atoms. The zero-order chi connectivity index (χ0) is 16.1. The van der Waals surface area contributed by atoms with E-state index in [4.69, 9.17) is 9.47 Å². The number of benzene rings is 1. The fourth-order valence-corrected chi connectivity index (χ4v) is 1.05. The number of esters is 2. The summed E-state index contributed by atoms with van der Waals surface area (Å²) in [6, 6.07) is 9.35. The Kier molecular flexibility index (Phi) is 9.91. The summed E-state index contributed by atoms with van der Waals surface area (Å²) in [5, 5.41) is 0. The summed E-state index contributed by atoms with van der Waals surface area (Å²) in [6.07, 6.45) is 1.13. The van der Waals surface area contributed by atoms with Crippen LogP contribution in [0.15, 0.2) is 55.1 Å². The first-order chi connectivity index (χ1) is 10.0. The molecule has 0 fully saturated rings. The average Bonchev–Trinajstić information content (AvgIpc) is 2.52. The Morgan fingerprint density at radius 1 is 1.19 bits per heavy atom. The maximum absolute atomic E-state index is 10.6. The molecule has 1 aromatic carbocycles. The van der Waals surface area contributed by atoms with E-state index in [0.717, 1.165) is 11.8 Å². The number of carbonyl (C=O) groups is 2. The highest BCUT2D eigenvalue weighted by Gasteiger charge is 1.96. The normalized spacial score (nSPS) is 8.67. The van der Waals surface area contributed by atoms with Gasteiger partial charge in [0.15, 0.2) is 0 Å². The van der Waals surface area contributed by atoms with Crippen LogP contribution in [0.5, 0.6) is 5.75 Å². The molecule has 0 atom stereocenters. The summed E-state index contributed by atoms with van der Waals surface area (Å²) >= 11 is 0. The van der Waals surface area contributed by atoms with Crippen LogP contribution in [0, 0.1) is 0 Å². The number of para-hydroxylation sites is 1. The molecular formula is C16H20O5. The second-order valence-corrected chi connectivity index (χ2v) is 3.81. The van der Waals surface area contributed by atoms with E-state index in [9.17, 15) is 9.59 Å². The summed E-state index contributed by atoms with van der Waals surface area (Å²) in [4.78, 5) is 20.8. The van der Waals surface area contributed by atoms with Gasteiger partial charge in [0.05, 0.1) is 7.11 Å². The van der Waals surface area contributed by atoms with Crippen LogP contribution in [-0.4, -0.2) is 32.3 Å². The average molecular weight is 292 g/mol. The molecule has 0 unspecified atom stereocenters. The summed E-state index contributed by atoms with van der Waals surface area (Å²) < 4.78 is 14.3. The molecule has 0 aliphatic heterocycles. The molecule has 0 aliphatic rings. The molecular weight excluding hydrogens is 272 g/mol. The lowest BCUT2D eigenvalue weighted by Crippen LogP contribution is -2.09. The fourth-order valence-electron chi connectivity index (χ4n) is 1.05. The monoisotopic (exact) mass is 292 g/mol. The van der Waals surface area contributed by atoms with Crippen molar-refractivity contribution in [3.8, 4) is 5.75 Å². The van der Waals surface area contributed by atoms with E-state index in [0.29, 0.717) is 12.2 Å². The van der Waals surface area contributed by atoms with Gasteiger partial charge in [-0.1, -0.05) is 31.4 Å². The highest BCUT2D eigenvalue weighted by atomic mass is 16.6. The van der Waals surface area contributed by atoms with Gasteiger partial charge in [-0.3, -0.25) is 0 Å². The van der Waals surface area contributed by atoms with E-state index >= 15 is 0 Å². The maximum Gasteiger partial charge on any atom is 0.332 e. The number of rotatable bonds is 6. The van der Waals surface area contributed by atoms with Crippen molar-refractivity contribution >= 4 is 11.9 Å². The molecule has 114 valence electrons. The van der Waals surface area contributed by atoms with Gasteiger partial charge >= 0.3 is 11.9 Å². The van der Waals surface area contributed by atoms with Crippen LogP contribution < -0.4 is 4.74 Å². The van der Waals surface area contributed by atoms with Gasteiger partial charge in [-0.2, -0.15) is 0 Å². The zero-order valence-electron chi connectivity index (χ0n) is 12.3. The highest BCUT2D eigenvalue weighted by molar-refractivity contribution is 5.86. The SMILES string of the molecule is C=C(C)C(=O)OC.C=CC(=O)OCCOc1ccccc1. The number of hydrogen-bond donors (Lipinski definition) is 0. The Hall–Kier alpha value is -2.56. The molecule has 21 heavy (non-hydrogen) atoms. The molecule has 0 amide bonds. The molecule has 0 radical (unpaired) electrons. The topological polar surface area (TPSA) is 61.8 Å². The van der Waals surface area contributed by atoms with Gasteiger partial charge < -0.3 is 14.2 Å². The van der Waals surface area contributed by atoms with Crippen LogP contribution in [0.25, 0.3) is 0 Å². The van der Waals surface area contributed by atoms with E-state index in [2.05, 4.69) is 17.9 Å². The van der Waals surface area contributed by atoms with Crippen LogP contribution in [0.2, 0.25) is 0 Å². The molecule has 0 heterocycles. The lowest BCUT2D eigenvalue weighted by Gasteiger charge is -2.05. The number of hydrogen-bond acceptors (Lipinski definition) is 5. The lowest BCUT2D eigenvalue weighted by molar-refractivity contribution is -0.138. The van der Waals surface area contributed by atoms with Crippen molar-refractivity contribution < 1.29 is 23.8 Å². The van der Waals surface area contributed by atoms with Crippen molar-refractivity contribution in [2.75, 3.05) is 20.3 Å². The van der Waals surface area contributed by atoms with Crippen LogP contribution >= 0.6 is 0 Å². The largest absolute Gasteiger partial charge is 0.490 e. The quantitative estimate of drug-likeness (QED) is 0.458. The van der Waals surface area contributed by atoms with Gasteiger partial charge in [0.1, 0.15) is 19.0 Å². The minimum atomic E-state index is -0.429. The summed E-state index contributed by atoms with van der Waals surface area (Å²) in [7, 11) is 1.33. The van der Waals surface area contributed by atoms with Crippen LogP contribution in [0.3, 0.4) is 0 Å². The van der Waals surface area contributed by atoms with Crippen molar-refractivity contribution in [3.63, 3.8) is 0 Å². The summed E-state index contributed by atoms with van der Waals surface area (Å²) in [5.74, 6) is -0.0104. The standard InChI is InChI=1S/C11H12O3.C5H8O2/c1-2-11(12)14-9-8-13-10-6-4-3-5-7-10;1-4(2)5(6)7-3/h2-7H,1,8-9H2;1H2,2-3H3.